The molecule has 8 heteroatoms. The summed E-state index contributed by atoms with van der Waals surface area (Å²) in [5.74, 6) is -0.463. The highest BCUT2D eigenvalue weighted by Gasteiger charge is 2.28. The summed E-state index contributed by atoms with van der Waals surface area (Å²) in [5, 5.41) is 0. The number of nitrogens with zero attached hydrogens (tertiary/aromatic N) is 1. The molecule has 0 heterocycles. The van der Waals surface area contributed by atoms with Crippen LogP contribution in [-0.4, -0.2) is 45.5 Å². The molecule has 0 fully saturated rings. The molecule has 0 bridgehead atoms. The molecule has 0 saturated carbocycles. The Hall–Kier alpha value is -1.80. The van der Waals surface area contributed by atoms with Gasteiger partial charge in [0.05, 0.1) is 13.7 Å². The molecule has 0 aliphatic rings. The molecule has 0 spiro atoms. The minimum Gasteiger partial charge on any atom is -0.495 e. The number of ether oxygens (including phenoxy) is 2. The van der Waals surface area contributed by atoms with Crippen LogP contribution in [0.25, 0.3) is 0 Å². The smallest absolute Gasteiger partial charge is 0.321 e. The van der Waals surface area contributed by atoms with E-state index in [9.17, 15) is 13.2 Å². The summed E-state index contributed by atoms with van der Waals surface area (Å²) < 4.78 is 36.1. The summed E-state index contributed by atoms with van der Waals surface area (Å²) >= 11 is 0. The second kappa shape index (κ2) is 7.28. The molecule has 0 radical (unpaired) electrons. The second-order valence-electron chi connectivity index (χ2n) is 4.15. The first-order valence-corrected chi connectivity index (χ1v) is 7.90. The van der Waals surface area contributed by atoms with Crippen molar-refractivity contribution in [3.63, 3.8) is 0 Å². The maximum atomic E-state index is 12.6. The van der Waals surface area contributed by atoms with Crippen molar-refractivity contribution in [2.24, 2.45) is 0 Å². The summed E-state index contributed by atoms with van der Waals surface area (Å²) in [7, 11) is -2.52. The van der Waals surface area contributed by atoms with Crippen LogP contribution in [0.5, 0.6) is 5.75 Å². The Balaban J connectivity index is 3.16. The maximum Gasteiger partial charge on any atom is 0.321 e. The molecule has 1 aromatic carbocycles. The normalized spacial score (nSPS) is 11.4. The third kappa shape index (κ3) is 4.08. The topological polar surface area (TPSA) is 98.9 Å². The summed E-state index contributed by atoms with van der Waals surface area (Å²) in [5.41, 5.74) is 6.00. The Kier molecular flexibility index (Phi) is 5.98. The first-order valence-electron chi connectivity index (χ1n) is 6.46. The quantitative estimate of drug-likeness (QED) is 0.591. The Morgan fingerprint density at radius 1 is 1.33 bits per heavy atom. The molecule has 118 valence electrons. The zero-order valence-corrected chi connectivity index (χ0v) is 13.1. The van der Waals surface area contributed by atoms with Crippen molar-refractivity contribution in [1.82, 2.24) is 4.31 Å². The first kappa shape index (κ1) is 17.3. The minimum atomic E-state index is -3.87. The molecule has 21 heavy (non-hydrogen) atoms. The number of hydrogen-bond acceptors (Lipinski definition) is 6. The van der Waals surface area contributed by atoms with E-state index in [1.165, 1.54) is 25.3 Å². The lowest BCUT2D eigenvalue weighted by Crippen LogP contribution is -2.36. The van der Waals surface area contributed by atoms with E-state index in [1.807, 2.05) is 0 Å². The van der Waals surface area contributed by atoms with Gasteiger partial charge in [-0.3, -0.25) is 4.79 Å². The van der Waals surface area contributed by atoms with Gasteiger partial charge in [0, 0.05) is 18.3 Å². The van der Waals surface area contributed by atoms with Gasteiger partial charge in [0.1, 0.15) is 17.2 Å². The molecule has 1 rings (SSSR count). The van der Waals surface area contributed by atoms with Gasteiger partial charge >= 0.3 is 5.97 Å². The average Bonchev–Trinajstić information content (AvgIpc) is 2.44. The molecule has 1 aromatic rings. The summed E-state index contributed by atoms with van der Waals surface area (Å²) in [6, 6.07) is 4.25. The van der Waals surface area contributed by atoms with Crippen LogP contribution in [-0.2, 0) is 19.6 Å². The molecule has 0 atom stereocenters. The number of esters is 1. The Labute approximate surface area is 124 Å². The van der Waals surface area contributed by atoms with Crippen LogP contribution in [0.3, 0.4) is 0 Å². The molecule has 0 aliphatic heterocycles. The Morgan fingerprint density at radius 3 is 2.52 bits per heavy atom. The minimum absolute atomic E-state index is 0.0367. The number of nitrogen functional groups attached to an aromatic ring is 1. The predicted octanol–water partition coefficient (Wildman–Crippen LogP) is 0.851. The highest BCUT2D eigenvalue weighted by Crippen LogP contribution is 2.28. The number of benzene rings is 1. The molecule has 0 saturated heterocycles. The van der Waals surface area contributed by atoms with Gasteiger partial charge in [-0.15, -0.1) is 0 Å². The molecule has 0 amide bonds. The predicted molar refractivity (Wildman–Crippen MR) is 78.5 cm³/mol. The third-order valence-corrected chi connectivity index (χ3v) is 4.73. The van der Waals surface area contributed by atoms with Crippen molar-refractivity contribution in [1.29, 1.82) is 0 Å². The largest absolute Gasteiger partial charge is 0.495 e. The number of likely N-dealkylation sites (N-methyl/N-ethyl adjacent to an activating group) is 1. The van der Waals surface area contributed by atoms with E-state index in [4.69, 9.17) is 15.2 Å². The molecule has 0 unspecified atom stereocenters. The van der Waals surface area contributed by atoms with Crippen molar-refractivity contribution >= 4 is 21.7 Å². The third-order valence-electron chi connectivity index (χ3n) is 2.77. The van der Waals surface area contributed by atoms with Crippen LogP contribution in [0.1, 0.15) is 13.8 Å². The van der Waals surface area contributed by atoms with Crippen molar-refractivity contribution in [3.05, 3.63) is 18.2 Å². The highest BCUT2D eigenvalue weighted by molar-refractivity contribution is 7.89. The number of hydrogen-bond donors (Lipinski definition) is 1. The van der Waals surface area contributed by atoms with Crippen LogP contribution in [0.2, 0.25) is 0 Å². The fraction of sp³-hybridized carbons (Fsp3) is 0.462. The lowest BCUT2D eigenvalue weighted by molar-refractivity contribution is -0.143. The van der Waals surface area contributed by atoms with Gasteiger partial charge in [0.15, 0.2) is 0 Å². The van der Waals surface area contributed by atoms with Crippen LogP contribution in [0.4, 0.5) is 5.69 Å². The fourth-order valence-electron chi connectivity index (χ4n) is 1.75. The van der Waals surface area contributed by atoms with Gasteiger partial charge < -0.3 is 15.2 Å². The van der Waals surface area contributed by atoms with E-state index >= 15 is 0 Å². The van der Waals surface area contributed by atoms with Crippen molar-refractivity contribution < 1.29 is 22.7 Å². The van der Waals surface area contributed by atoms with E-state index in [1.54, 1.807) is 13.8 Å². The van der Waals surface area contributed by atoms with Crippen LogP contribution < -0.4 is 10.5 Å². The van der Waals surface area contributed by atoms with E-state index < -0.39 is 16.0 Å². The van der Waals surface area contributed by atoms with Crippen molar-refractivity contribution in [2.45, 2.75) is 18.7 Å². The van der Waals surface area contributed by atoms with E-state index in [2.05, 4.69) is 0 Å². The van der Waals surface area contributed by atoms with Crippen LogP contribution in [0, 0.1) is 0 Å². The number of methoxy groups -OCH3 is 1. The van der Waals surface area contributed by atoms with Crippen LogP contribution >= 0.6 is 0 Å². The van der Waals surface area contributed by atoms with E-state index in [0.717, 1.165) is 4.31 Å². The number of sulfonamides is 1. The molecular weight excluding hydrogens is 296 g/mol. The van der Waals surface area contributed by atoms with E-state index in [0.29, 0.717) is 5.69 Å². The van der Waals surface area contributed by atoms with Gasteiger partial charge in [0.2, 0.25) is 10.0 Å². The zero-order valence-electron chi connectivity index (χ0n) is 12.3. The fourth-order valence-corrected chi connectivity index (χ4v) is 3.28. The standard InChI is InChI=1S/C13H20N2O5S/c1-4-15(9-13(16)20-5-2)21(17,18)12-7-6-10(14)8-11(12)19-3/h6-8H,4-5,9,14H2,1-3H3. The van der Waals surface area contributed by atoms with Gasteiger partial charge in [-0.2, -0.15) is 4.31 Å². The number of carbonyl (C=O) groups is 1. The summed E-state index contributed by atoms with van der Waals surface area (Å²) in [6.07, 6.45) is 0. The number of rotatable bonds is 7. The van der Waals surface area contributed by atoms with E-state index in [-0.39, 0.29) is 30.3 Å². The Bertz CT molecular complexity index is 601. The molecular formula is C13H20N2O5S. The van der Waals surface area contributed by atoms with Gasteiger partial charge in [-0.25, -0.2) is 8.42 Å². The van der Waals surface area contributed by atoms with Crippen molar-refractivity contribution in [2.75, 3.05) is 32.5 Å². The van der Waals surface area contributed by atoms with Crippen LogP contribution in [0.15, 0.2) is 23.1 Å². The monoisotopic (exact) mass is 316 g/mol. The summed E-state index contributed by atoms with van der Waals surface area (Å²) in [6.45, 7) is 3.28. The average molecular weight is 316 g/mol. The number of carbonyl (C=O) groups excluding carboxylic acids is 1. The molecule has 0 aromatic heterocycles. The van der Waals surface area contributed by atoms with Gasteiger partial charge in [-0.05, 0) is 19.1 Å². The number of anilines is 1. The van der Waals surface area contributed by atoms with Gasteiger partial charge in [0.25, 0.3) is 0 Å². The summed E-state index contributed by atoms with van der Waals surface area (Å²) in [4.78, 5) is 11.5. The maximum absolute atomic E-state index is 12.6. The lowest BCUT2D eigenvalue weighted by Gasteiger charge is -2.20. The second-order valence-corrected chi connectivity index (χ2v) is 6.05. The molecule has 0 aliphatic carbocycles. The lowest BCUT2D eigenvalue weighted by atomic mass is 10.3. The SMILES string of the molecule is CCOC(=O)CN(CC)S(=O)(=O)c1ccc(N)cc1OC. The highest BCUT2D eigenvalue weighted by atomic mass is 32.2. The molecule has 7 nitrogen and oxygen atoms in total. The van der Waals surface area contributed by atoms with Crippen molar-refractivity contribution in [3.8, 4) is 5.75 Å². The Morgan fingerprint density at radius 2 is 2.00 bits per heavy atom. The molecule has 2 N–H and O–H groups in total. The number of nitrogens with two attached hydrogens (primary N) is 1. The zero-order chi connectivity index (χ0) is 16.0. The first-order chi connectivity index (χ1) is 9.86. The van der Waals surface area contributed by atoms with Gasteiger partial charge in [-0.1, -0.05) is 6.92 Å².